The smallest absolute Gasteiger partial charge is 0.129 e. The Bertz CT molecular complexity index is 417. The minimum Gasteiger partial charge on any atom is -0.385 e. The van der Waals surface area contributed by atoms with Gasteiger partial charge in [-0.1, -0.05) is 18.5 Å². The lowest BCUT2D eigenvalue weighted by Gasteiger charge is -2.37. The molecule has 1 saturated carbocycles. The molecule has 1 aliphatic carbocycles. The van der Waals surface area contributed by atoms with Crippen LogP contribution in [0.5, 0.6) is 0 Å². The van der Waals surface area contributed by atoms with Crippen molar-refractivity contribution in [3.05, 3.63) is 22.8 Å². The van der Waals surface area contributed by atoms with E-state index in [-0.39, 0.29) is 0 Å². The summed E-state index contributed by atoms with van der Waals surface area (Å²) in [4.78, 5) is 4.02. The van der Waals surface area contributed by atoms with Crippen LogP contribution in [-0.2, 0) is 5.60 Å². The van der Waals surface area contributed by atoms with Crippen molar-refractivity contribution in [3.8, 4) is 0 Å². The molecule has 0 amide bonds. The van der Waals surface area contributed by atoms with Gasteiger partial charge in [0.25, 0.3) is 0 Å². The SMILES string of the molecule is CCNC1CCC(O)(c2cc(Cl)cnc2N)CC1. The molecule has 0 unspecified atom stereocenters. The topological polar surface area (TPSA) is 71.2 Å². The van der Waals surface area contributed by atoms with Crippen LogP contribution in [0.4, 0.5) is 5.82 Å². The number of anilines is 1. The van der Waals surface area contributed by atoms with Crippen molar-refractivity contribution in [2.75, 3.05) is 12.3 Å². The van der Waals surface area contributed by atoms with Crippen LogP contribution in [0.2, 0.25) is 5.02 Å². The van der Waals surface area contributed by atoms with Crippen molar-refractivity contribution >= 4 is 17.4 Å². The number of aromatic nitrogens is 1. The number of nitrogens with two attached hydrogens (primary N) is 1. The molecule has 0 atom stereocenters. The summed E-state index contributed by atoms with van der Waals surface area (Å²) in [6, 6.07) is 2.22. The van der Waals surface area contributed by atoms with Gasteiger partial charge in [-0.2, -0.15) is 0 Å². The molecular formula is C13H20ClN3O. The molecule has 0 saturated heterocycles. The second kappa shape index (κ2) is 5.43. The van der Waals surface area contributed by atoms with Crippen LogP contribution < -0.4 is 11.1 Å². The van der Waals surface area contributed by atoms with Crippen LogP contribution in [0.25, 0.3) is 0 Å². The molecule has 18 heavy (non-hydrogen) atoms. The summed E-state index contributed by atoms with van der Waals surface area (Å²) in [5.74, 6) is 0.379. The molecule has 0 radical (unpaired) electrons. The highest BCUT2D eigenvalue weighted by atomic mass is 35.5. The van der Waals surface area contributed by atoms with E-state index in [1.165, 1.54) is 6.20 Å². The van der Waals surface area contributed by atoms with E-state index in [9.17, 15) is 5.11 Å². The van der Waals surface area contributed by atoms with E-state index >= 15 is 0 Å². The fourth-order valence-electron chi connectivity index (χ4n) is 2.68. The second-order valence-corrected chi connectivity index (χ2v) is 5.39. The molecule has 1 aromatic heterocycles. The normalized spacial score (nSPS) is 28.3. The first-order valence-corrected chi connectivity index (χ1v) is 6.80. The Hall–Kier alpha value is -0.840. The third-order valence-electron chi connectivity index (χ3n) is 3.69. The third-order valence-corrected chi connectivity index (χ3v) is 3.90. The zero-order valence-corrected chi connectivity index (χ0v) is 11.4. The largest absolute Gasteiger partial charge is 0.385 e. The number of nitrogens with one attached hydrogen (secondary N) is 1. The zero-order chi connectivity index (χ0) is 13.2. The van der Waals surface area contributed by atoms with E-state index in [1.54, 1.807) is 6.07 Å². The maximum absolute atomic E-state index is 10.7. The van der Waals surface area contributed by atoms with Gasteiger partial charge in [0.1, 0.15) is 5.82 Å². The van der Waals surface area contributed by atoms with Gasteiger partial charge in [-0.25, -0.2) is 4.98 Å². The molecule has 2 rings (SSSR count). The fraction of sp³-hybridized carbons (Fsp3) is 0.615. The van der Waals surface area contributed by atoms with E-state index in [1.807, 2.05) is 0 Å². The van der Waals surface area contributed by atoms with Crippen molar-refractivity contribution in [3.63, 3.8) is 0 Å². The minimum absolute atomic E-state index is 0.379. The van der Waals surface area contributed by atoms with Gasteiger partial charge in [0.2, 0.25) is 0 Å². The van der Waals surface area contributed by atoms with Gasteiger partial charge in [-0.05, 0) is 38.3 Å². The van der Waals surface area contributed by atoms with E-state index in [4.69, 9.17) is 17.3 Å². The first kappa shape index (κ1) is 13.6. The van der Waals surface area contributed by atoms with Crippen molar-refractivity contribution in [1.29, 1.82) is 0 Å². The molecule has 0 aromatic carbocycles. The number of rotatable bonds is 3. The van der Waals surface area contributed by atoms with Gasteiger partial charge in [0.15, 0.2) is 0 Å². The van der Waals surface area contributed by atoms with Crippen LogP contribution in [0, 0.1) is 0 Å². The van der Waals surface area contributed by atoms with Crippen LogP contribution in [0.3, 0.4) is 0 Å². The summed E-state index contributed by atoms with van der Waals surface area (Å²) >= 11 is 5.93. The minimum atomic E-state index is -0.881. The molecule has 4 N–H and O–H groups in total. The van der Waals surface area contributed by atoms with E-state index < -0.39 is 5.60 Å². The molecule has 1 aliphatic rings. The summed E-state index contributed by atoms with van der Waals surface area (Å²) in [7, 11) is 0. The van der Waals surface area contributed by atoms with Gasteiger partial charge < -0.3 is 16.2 Å². The highest BCUT2D eigenvalue weighted by molar-refractivity contribution is 6.30. The lowest BCUT2D eigenvalue weighted by molar-refractivity contribution is -0.00769. The van der Waals surface area contributed by atoms with Crippen LogP contribution >= 0.6 is 11.6 Å². The Morgan fingerprint density at radius 1 is 1.56 bits per heavy atom. The summed E-state index contributed by atoms with van der Waals surface area (Å²) in [6.07, 6.45) is 4.77. The lowest BCUT2D eigenvalue weighted by atomic mass is 9.78. The molecule has 100 valence electrons. The maximum Gasteiger partial charge on any atom is 0.129 e. The lowest BCUT2D eigenvalue weighted by Crippen LogP contribution is -2.40. The van der Waals surface area contributed by atoms with Crippen LogP contribution in [0.15, 0.2) is 12.3 Å². The van der Waals surface area contributed by atoms with Crippen LogP contribution in [0.1, 0.15) is 38.2 Å². The Morgan fingerprint density at radius 3 is 2.83 bits per heavy atom. The monoisotopic (exact) mass is 269 g/mol. The molecule has 0 aliphatic heterocycles. The molecule has 1 fully saturated rings. The van der Waals surface area contributed by atoms with Gasteiger partial charge in [-0.3, -0.25) is 0 Å². The van der Waals surface area contributed by atoms with Gasteiger partial charge in [-0.15, -0.1) is 0 Å². The number of hydrogen-bond acceptors (Lipinski definition) is 4. The molecule has 0 bridgehead atoms. The van der Waals surface area contributed by atoms with E-state index in [0.717, 1.165) is 19.4 Å². The molecule has 0 spiro atoms. The predicted molar refractivity (Wildman–Crippen MR) is 73.5 cm³/mol. The highest BCUT2D eigenvalue weighted by Gasteiger charge is 2.36. The van der Waals surface area contributed by atoms with Gasteiger partial charge in [0, 0.05) is 17.8 Å². The number of nitrogens with zero attached hydrogens (tertiary/aromatic N) is 1. The molecular weight excluding hydrogens is 250 g/mol. The average Bonchev–Trinajstić information content (AvgIpc) is 2.36. The molecule has 1 aromatic rings. The third kappa shape index (κ3) is 2.76. The van der Waals surface area contributed by atoms with Crippen molar-refractivity contribution in [2.45, 2.75) is 44.2 Å². The van der Waals surface area contributed by atoms with Crippen molar-refractivity contribution in [1.82, 2.24) is 10.3 Å². The first-order valence-electron chi connectivity index (χ1n) is 6.42. The molecule has 1 heterocycles. The Labute approximate surface area is 113 Å². The quantitative estimate of drug-likeness (QED) is 0.785. The van der Waals surface area contributed by atoms with E-state index in [0.29, 0.717) is 35.3 Å². The summed E-state index contributed by atoms with van der Waals surface area (Å²) < 4.78 is 0. The number of halogens is 1. The number of hydrogen-bond donors (Lipinski definition) is 3. The standard InChI is InChI=1S/C13H20ClN3O/c1-2-16-10-3-5-13(18,6-4-10)11-7-9(14)8-17-12(11)15/h7-8,10,16,18H,2-6H2,1H3,(H2,15,17). The average molecular weight is 270 g/mol. The number of nitrogen functional groups attached to an aromatic ring is 1. The first-order chi connectivity index (χ1) is 8.55. The van der Waals surface area contributed by atoms with Gasteiger partial charge >= 0.3 is 0 Å². The summed E-state index contributed by atoms with van der Waals surface area (Å²) in [6.45, 7) is 3.06. The Morgan fingerprint density at radius 2 is 2.22 bits per heavy atom. The van der Waals surface area contributed by atoms with E-state index in [2.05, 4.69) is 17.2 Å². The Balaban J connectivity index is 2.15. The summed E-state index contributed by atoms with van der Waals surface area (Å²) in [5, 5.41) is 14.7. The molecule has 4 nitrogen and oxygen atoms in total. The number of pyridine rings is 1. The maximum atomic E-state index is 10.7. The zero-order valence-electron chi connectivity index (χ0n) is 10.6. The van der Waals surface area contributed by atoms with Crippen LogP contribution in [-0.4, -0.2) is 22.7 Å². The summed E-state index contributed by atoms with van der Waals surface area (Å²) in [5.41, 5.74) is 5.64. The fourth-order valence-corrected chi connectivity index (χ4v) is 2.84. The molecule has 5 heteroatoms. The van der Waals surface area contributed by atoms with Crippen molar-refractivity contribution < 1.29 is 5.11 Å². The second-order valence-electron chi connectivity index (χ2n) is 4.95. The highest BCUT2D eigenvalue weighted by Crippen LogP contribution is 2.39. The van der Waals surface area contributed by atoms with Crippen molar-refractivity contribution in [2.24, 2.45) is 0 Å². The predicted octanol–water partition coefficient (Wildman–Crippen LogP) is 2.06. The number of aliphatic hydroxyl groups is 1. The Kier molecular flexibility index (Phi) is 4.10. The van der Waals surface area contributed by atoms with Gasteiger partial charge in [0.05, 0.1) is 10.6 Å².